The molecule has 0 aliphatic carbocycles. The fourth-order valence-electron chi connectivity index (χ4n) is 3.19. The summed E-state index contributed by atoms with van der Waals surface area (Å²) in [6.45, 7) is 3.89. The number of halogens is 1. The molecule has 0 bridgehead atoms. The molecular weight excluding hydrogens is 323 g/mol. The van der Waals surface area contributed by atoms with Crippen LogP contribution in [0.15, 0.2) is 30.5 Å². The maximum Gasteiger partial charge on any atom is 0.254 e. The van der Waals surface area contributed by atoms with Crippen molar-refractivity contribution in [1.29, 1.82) is 0 Å². The summed E-state index contributed by atoms with van der Waals surface area (Å²) in [4.78, 5) is 25.6. The number of rotatable bonds is 2. The Morgan fingerprint density at radius 3 is 2.84 bits per heavy atom. The van der Waals surface area contributed by atoms with E-state index in [1.165, 1.54) is 12.1 Å². The third-order valence-corrected chi connectivity index (χ3v) is 4.59. The van der Waals surface area contributed by atoms with Gasteiger partial charge in [0.05, 0.1) is 25.5 Å². The number of anilines is 1. The molecule has 2 aliphatic rings. The average molecular weight is 342 g/mol. The highest BCUT2D eigenvalue weighted by atomic mass is 19.1. The minimum absolute atomic E-state index is 0.170. The van der Waals surface area contributed by atoms with Crippen molar-refractivity contribution in [1.82, 2.24) is 14.9 Å². The molecule has 7 heteroatoms. The van der Waals surface area contributed by atoms with Gasteiger partial charge >= 0.3 is 0 Å². The molecule has 0 N–H and O–H groups in total. The van der Waals surface area contributed by atoms with Gasteiger partial charge in [0.15, 0.2) is 0 Å². The van der Waals surface area contributed by atoms with Crippen LogP contribution in [0.2, 0.25) is 0 Å². The Hall–Kier alpha value is -2.54. The first-order chi connectivity index (χ1) is 12.2. The number of hydrogen-bond donors (Lipinski definition) is 0. The van der Waals surface area contributed by atoms with E-state index in [1.54, 1.807) is 17.0 Å². The fraction of sp³-hybridized carbons (Fsp3) is 0.389. The molecule has 25 heavy (non-hydrogen) atoms. The van der Waals surface area contributed by atoms with E-state index in [0.29, 0.717) is 44.2 Å². The van der Waals surface area contributed by atoms with Crippen LogP contribution in [0.25, 0.3) is 0 Å². The summed E-state index contributed by atoms with van der Waals surface area (Å²) in [6.07, 6.45) is 2.57. The Morgan fingerprint density at radius 1 is 1.20 bits per heavy atom. The largest absolute Gasteiger partial charge is 0.378 e. The van der Waals surface area contributed by atoms with Crippen molar-refractivity contribution in [2.24, 2.45) is 0 Å². The van der Waals surface area contributed by atoms with Crippen LogP contribution in [0.1, 0.15) is 21.6 Å². The number of ether oxygens (including phenoxy) is 1. The van der Waals surface area contributed by atoms with E-state index in [4.69, 9.17) is 4.74 Å². The van der Waals surface area contributed by atoms with Gasteiger partial charge in [0, 0.05) is 31.4 Å². The molecule has 0 atom stereocenters. The molecule has 2 aliphatic heterocycles. The lowest BCUT2D eigenvalue weighted by Gasteiger charge is -2.30. The second-order valence-corrected chi connectivity index (χ2v) is 6.23. The molecule has 130 valence electrons. The molecule has 0 spiro atoms. The standard InChI is InChI=1S/C18H19FN4O2/c19-15-3-1-2-13(10-15)17(24)23-5-4-14-11-20-18(21-16(14)12-23)22-6-8-25-9-7-22/h1-3,10-11H,4-9,12H2. The van der Waals surface area contributed by atoms with E-state index in [9.17, 15) is 9.18 Å². The molecule has 0 radical (unpaired) electrons. The minimum Gasteiger partial charge on any atom is -0.378 e. The molecule has 0 saturated carbocycles. The zero-order chi connectivity index (χ0) is 17.2. The lowest BCUT2D eigenvalue weighted by Crippen LogP contribution is -2.39. The minimum atomic E-state index is -0.403. The van der Waals surface area contributed by atoms with Crippen molar-refractivity contribution >= 4 is 11.9 Å². The van der Waals surface area contributed by atoms with Gasteiger partial charge in [0.25, 0.3) is 5.91 Å². The molecule has 2 aromatic rings. The molecule has 0 unspecified atom stereocenters. The van der Waals surface area contributed by atoms with Gasteiger partial charge < -0.3 is 14.5 Å². The van der Waals surface area contributed by atoms with Crippen LogP contribution in [0.3, 0.4) is 0 Å². The monoisotopic (exact) mass is 342 g/mol. The molecule has 1 amide bonds. The summed E-state index contributed by atoms with van der Waals surface area (Å²) in [7, 11) is 0. The van der Waals surface area contributed by atoms with Crippen molar-refractivity contribution in [2.45, 2.75) is 13.0 Å². The Labute approximate surface area is 145 Å². The van der Waals surface area contributed by atoms with E-state index < -0.39 is 5.82 Å². The van der Waals surface area contributed by atoms with Crippen LogP contribution >= 0.6 is 0 Å². The molecule has 1 saturated heterocycles. The highest BCUT2D eigenvalue weighted by Gasteiger charge is 2.24. The third-order valence-electron chi connectivity index (χ3n) is 4.59. The summed E-state index contributed by atoms with van der Waals surface area (Å²) < 4.78 is 18.7. The zero-order valence-corrected chi connectivity index (χ0v) is 13.8. The number of fused-ring (bicyclic) bond motifs is 1. The number of carbonyl (C=O) groups is 1. The molecular formula is C18H19FN4O2. The van der Waals surface area contributed by atoms with Gasteiger partial charge in [0.2, 0.25) is 5.95 Å². The Bertz CT molecular complexity index is 792. The third kappa shape index (κ3) is 3.32. The Balaban J connectivity index is 1.54. The lowest BCUT2D eigenvalue weighted by molar-refractivity contribution is 0.0731. The van der Waals surface area contributed by atoms with Crippen molar-refractivity contribution in [3.63, 3.8) is 0 Å². The topological polar surface area (TPSA) is 58.6 Å². The predicted molar refractivity (Wildman–Crippen MR) is 89.9 cm³/mol. The van der Waals surface area contributed by atoms with E-state index in [1.807, 2.05) is 6.20 Å². The highest BCUT2D eigenvalue weighted by molar-refractivity contribution is 5.94. The summed E-state index contributed by atoms with van der Waals surface area (Å²) >= 11 is 0. The van der Waals surface area contributed by atoms with E-state index in [-0.39, 0.29) is 5.91 Å². The second-order valence-electron chi connectivity index (χ2n) is 6.23. The van der Waals surface area contributed by atoms with Gasteiger partial charge in [-0.1, -0.05) is 6.07 Å². The Morgan fingerprint density at radius 2 is 2.04 bits per heavy atom. The summed E-state index contributed by atoms with van der Waals surface area (Å²) in [6, 6.07) is 5.81. The van der Waals surface area contributed by atoms with Crippen molar-refractivity contribution in [3.8, 4) is 0 Å². The van der Waals surface area contributed by atoms with Gasteiger partial charge in [-0.25, -0.2) is 14.4 Å². The Kier molecular flexibility index (Phi) is 4.31. The first-order valence-corrected chi connectivity index (χ1v) is 8.43. The number of aromatic nitrogens is 2. The second kappa shape index (κ2) is 6.76. The quantitative estimate of drug-likeness (QED) is 0.831. The molecule has 3 heterocycles. The lowest BCUT2D eigenvalue weighted by atomic mass is 10.1. The first-order valence-electron chi connectivity index (χ1n) is 8.43. The SMILES string of the molecule is O=C(c1cccc(F)c1)N1CCc2cnc(N3CCOCC3)nc2C1. The number of carbonyl (C=O) groups excluding carboxylic acids is 1. The fourth-order valence-corrected chi connectivity index (χ4v) is 3.19. The molecule has 1 aromatic heterocycles. The van der Waals surface area contributed by atoms with Gasteiger partial charge in [0.1, 0.15) is 5.82 Å². The number of morpholine rings is 1. The molecule has 6 nitrogen and oxygen atoms in total. The molecule has 4 rings (SSSR count). The smallest absolute Gasteiger partial charge is 0.254 e. The number of nitrogens with zero attached hydrogens (tertiary/aromatic N) is 4. The van der Waals surface area contributed by atoms with Crippen LogP contribution in [0.4, 0.5) is 10.3 Å². The summed E-state index contributed by atoms with van der Waals surface area (Å²) in [5, 5.41) is 0. The van der Waals surface area contributed by atoms with Gasteiger partial charge in [-0.15, -0.1) is 0 Å². The average Bonchev–Trinajstić information content (AvgIpc) is 2.67. The van der Waals surface area contributed by atoms with E-state index in [2.05, 4.69) is 14.9 Å². The highest BCUT2D eigenvalue weighted by Crippen LogP contribution is 2.21. The first kappa shape index (κ1) is 16.0. The van der Waals surface area contributed by atoms with Crippen LogP contribution in [-0.2, 0) is 17.7 Å². The molecule has 1 fully saturated rings. The van der Waals surface area contributed by atoms with Crippen LogP contribution < -0.4 is 4.90 Å². The van der Waals surface area contributed by atoms with Gasteiger partial charge in [-0.05, 0) is 30.2 Å². The van der Waals surface area contributed by atoms with Crippen LogP contribution in [0, 0.1) is 5.82 Å². The van der Waals surface area contributed by atoms with E-state index in [0.717, 1.165) is 24.3 Å². The zero-order valence-electron chi connectivity index (χ0n) is 13.8. The molecule has 1 aromatic carbocycles. The maximum atomic E-state index is 13.4. The number of hydrogen-bond acceptors (Lipinski definition) is 5. The van der Waals surface area contributed by atoms with Crippen molar-refractivity contribution in [3.05, 3.63) is 53.1 Å². The number of benzene rings is 1. The van der Waals surface area contributed by atoms with Gasteiger partial charge in [-0.3, -0.25) is 4.79 Å². The maximum absolute atomic E-state index is 13.4. The van der Waals surface area contributed by atoms with Crippen molar-refractivity contribution in [2.75, 3.05) is 37.7 Å². The summed E-state index contributed by atoms with van der Waals surface area (Å²) in [5.41, 5.74) is 2.30. The van der Waals surface area contributed by atoms with E-state index >= 15 is 0 Å². The van der Waals surface area contributed by atoms with Crippen LogP contribution in [-0.4, -0.2) is 53.6 Å². The summed E-state index contributed by atoms with van der Waals surface area (Å²) in [5.74, 6) is 0.110. The van der Waals surface area contributed by atoms with Crippen LogP contribution in [0.5, 0.6) is 0 Å². The van der Waals surface area contributed by atoms with Gasteiger partial charge in [-0.2, -0.15) is 0 Å². The predicted octanol–water partition coefficient (Wildman–Crippen LogP) is 1.65. The number of amides is 1. The van der Waals surface area contributed by atoms with Crippen molar-refractivity contribution < 1.29 is 13.9 Å². The normalized spacial score (nSPS) is 17.3.